The molecule has 0 radical (unpaired) electrons. The first-order valence-electron chi connectivity index (χ1n) is 8.37. The molecule has 0 bridgehead atoms. The molecule has 8 nitrogen and oxygen atoms in total. The van der Waals surface area contributed by atoms with Crippen molar-refractivity contribution in [2.45, 2.75) is 4.90 Å². The summed E-state index contributed by atoms with van der Waals surface area (Å²) in [6.45, 7) is 1.72. The standard InChI is InChI=1S/C17H24Br2N4O4S/c1-5-14-12-15(23(24)25)13-16(17(14)22(8-6-18)9-7-19)28(26,27)21(4)11-10-20(2)3/h1,12-13H,6-11H2,2-4H3. The Balaban J connectivity index is 3.70. The lowest BCUT2D eigenvalue weighted by atomic mass is 10.1. The Morgan fingerprint density at radius 2 is 1.68 bits per heavy atom. The van der Waals surface area contributed by atoms with E-state index in [-0.39, 0.29) is 22.7 Å². The molecule has 0 N–H and O–H groups in total. The number of non-ortho nitro benzene ring substituents is 1. The lowest BCUT2D eigenvalue weighted by molar-refractivity contribution is -0.385. The second-order valence-electron chi connectivity index (χ2n) is 6.24. The molecular weight excluding hydrogens is 516 g/mol. The number of nitro benzene ring substituents is 1. The molecule has 0 aliphatic rings. The van der Waals surface area contributed by atoms with Crippen LogP contribution in [0.2, 0.25) is 0 Å². The van der Waals surface area contributed by atoms with Crippen LogP contribution in [0.15, 0.2) is 17.0 Å². The number of hydrogen-bond acceptors (Lipinski definition) is 6. The largest absolute Gasteiger partial charge is 0.368 e. The zero-order chi connectivity index (χ0) is 21.5. The van der Waals surface area contributed by atoms with Crippen LogP contribution in [0.4, 0.5) is 11.4 Å². The maximum Gasteiger partial charge on any atom is 0.272 e. The van der Waals surface area contributed by atoms with E-state index in [0.717, 1.165) is 6.07 Å². The Morgan fingerprint density at radius 1 is 1.11 bits per heavy atom. The Morgan fingerprint density at radius 3 is 2.11 bits per heavy atom. The minimum absolute atomic E-state index is 0.155. The molecule has 0 aliphatic carbocycles. The molecule has 0 aliphatic heterocycles. The number of rotatable bonds is 11. The van der Waals surface area contributed by atoms with Crippen LogP contribution in [-0.2, 0) is 10.0 Å². The van der Waals surface area contributed by atoms with Crippen molar-refractivity contribution in [3.63, 3.8) is 0 Å². The topological polar surface area (TPSA) is 87.0 Å². The van der Waals surface area contributed by atoms with Gasteiger partial charge in [-0.05, 0) is 14.1 Å². The third-order valence-electron chi connectivity index (χ3n) is 4.00. The first-order chi connectivity index (χ1) is 13.1. The van der Waals surface area contributed by atoms with Gasteiger partial charge in [-0.15, -0.1) is 6.42 Å². The van der Waals surface area contributed by atoms with Gasteiger partial charge in [0, 0.05) is 56.0 Å². The molecule has 0 saturated heterocycles. The normalized spacial score (nSPS) is 11.6. The predicted molar refractivity (Wildman–Crippen MR) is 119 cm³/mol. The van der Waals surface area contributed by atoms with E-state index in [9.17, 15) is 18.5 Å². The third kappa shape index (κ3) is 6.15. The number of sulfonamides is 1. The molecule has 11 heteroatoms. The highest BCUT2D eigenvalue weighted by molar-refractivity contribution is 9.09. The molecule has 156 valence electrons. The van der Waals surface area contributed by atoms with Gasteiger partial charge in [0.25, 0.3) is 5.69 Å². The van der Waals surface area contributed by atoms with Crippen LogP contribution in [0.25, 0.3) is 0 Å². The number of nitrogens with zero attached hydrogens (tertiary/aromatic N) is 4. The molecule has 0 heterocycles. The van der Waals surface area contributed by atoms with E-state index < -0.39 is 14.9 Å². The minimum Gasteiger partial charge on any atom is -0.368 e. The first-order valence-corrected chi connectivity index (χ1v) is 12.0. The summed E-state index contributed by atoms with van der Waals surface area (Å²) in [7, 11) is 1.13. The van der Waals surface area contributed by atoms with Crippen molar-refractivity contribution in [1.29, 1.82) is 0 Å². The molecule has 1 aromatic rings. The van der Waals surface area contributed by atoms with Crippen molar-refractivity contribution >= 4 is 53.3 Å². The molecule has 0 unspecified atom stereocenters. The number of likely N-dealkylation sites (N-methyl/N-ethyl adjacent to an activating group) is 2. The van der Waals surface area contributed by atoms with Crippen molar-refractivity contribution in [3.8, 4) is 12.3 Å². The SMILES string of the molecule is C#Cc1cc([N+](=O)[O-])cc(S(=O)(=O)N(C)CCN(C)C)c1N(CCBr)CCBr. The number of terminal acetylenes is 1. The fourth-order valence-electron chi connectivity index (χ4n) is 2.50. The van der Waals surface area contributed by atoms with Crippen molar-refractivity contribution in [1.82, 2.24) is 9.21 Å². The maximum absolute atomic E-state index is 13.3. The molecule has 1 aromatic carbocycles. The molecule has 0 spiro atoms. The number of halogens is 2. The van der Waals surface area contributed by atoms with Crippen molar-refractivity contribution in [2.75, 3.05) is 62.9 Å². The van der Waals surface area contributed by atoms with E-state index in [1.54, 1.807) is 0 Å². The van der Waals surface area contributed by atoms with Gasteiger partial charge in [0.1, 0.15) is 4.90 Å². The summed E-state index contributed by atoms with van der Waals surface area (Å²) in [6, 6.07) is 2.33. The van der Waals surface area contributed by atoms with Gasteiger partial charge in [0.2, 0.25) is 10.0 Å². The molecule has 1 rings (SSSR count). The second kappa shape index (κ2) is 11.1. The van der Waals surface area contributed by atoms with E-state index in [2.05, 4.69) is 37.8 Å². The van der Waals surface area contributed by atoms with Gasteiger partial charge in [-0.25, -0.2) is 8.42 Å². The lowest BCUT2D eigenvalue weighted by Gasteiger charge is -2.28. The van der Waals surface area contributed by atoms with Gasteiger partial charge in [-0.1, -0.05) is 37.8 Å². The number of hydrogen-bond donors (Lipinski definition) is 0. The van der Waals surface area contributed by atoms with E-state index in [1.807, 2.05) is 23.9 Å². The summed E-state index contributed by atoms with van der Waals surface area (Å²) < 4.78 is 27.8. The Labute approximate surface area is 183 Å². The Bertz CT molecular complexity index is 834. The van der Waals surface area contributed by atoms with Crippen molar-refractivity contribution in [3.05, 3.63) is 27.8 Å². The Hall–Kier alpha value is -1.19. The zero-order valence-corrected chi connectivity index (χ0v) is 20.0. The number of alkyl halides is 2. The second-order valence-corrected chi connectivity index (χ2v) is 9.84. The molecule has 28 heavy (non-hydrogen) atoms. The maximum atomic E-state index is 13.3. The van der Waals surface area contributed by atoms with Gasteiger partial charge in [-0.2, -0.15) is 4.31 Å². The first kappa shape index (κ1) is 24.8. The van der Waals surface area contributed by atoms with E-state index in [1.165, 1.54) is 17.4 Å². The van der Waals surface area contributed by atoms with Crippen molar-refractivity contribution < 1.29 is 13.3 Å². The van der Waals surface area contributed by atoms with Crippen LogP contribution in [0.3, 0.4) is 0 Å². The zero-order valence-electron chi connectivity index (χ0n) is 16.1. The van der Waals surface area contributed by atoms with Gasteiger partial charge < -0.3 is 9.80 Å². The lowest BCUT2D eigenvalue weighted by Crippen LogP contribution is -2.36. The molecule has 0 saturated carbocycles. The summed E-state index contributed by atoms with van der Waals surface area (Å²) in [5.74, 6) is 2.42. The van der Waals surface area contributed by atoms with Crippen LogP contribution >= 0.6 is 31.9 Å². The Kier molecular flexibility index (Phi) is 9.86. The number of benzene rings is 1. The van der Waals surface area contributed by atoms with Crippen molar-refractivity contribution in [2.24, 2.45) is 0 Å². The predicted octanol–water partition coefficient (Wildman–Crippen LogP) is 2.35. The molecule has 0 aromatic heterocycles. The fraction of sp³-hybridized carbons (Fsp3) is 0.529. The summed E-state index contributed by atoms with van der Waals surface area (Å²) >= 11 is 6.73. The van der Waals surface area contributed by atoms with E-state index >= 15 is 0 Å². The van der Waals surface area contributed by atoms with Gasteiger partial charge in [0.05, 0.1) is 16.2 Å². The van der Waals surface area contributed by atoms with Gasteiger partial charge in [0.15, 0.2) is 0 Å². The molecule has 0 atom stereocenters. The summed E-state index contributed by atoms with van der Waals surface area (Å²) in [4.78, 5) is 14.2. The highest BCUT2D eigenvalue weighted by atomic mass is 79.9. The summed E-state index contributed by atoms with van der Waals surface area (Å²) in [6.07, 6.45) is 5.60. The van der Waals surface area contributed by atoms with Crippen LogP contribution in [-0.4, -0.2) is 80.5 Å². The average Bonchev–Trinajstić information content (AvgIpc) is 2.64. The van der Waals surface area contributed by atoms with Gasteiger partial charge >= 0.3 is 0 Å². The highest BCUT2D eigenvalue weighted by Crippen LogP contribution is 2.35. The number of anilines is 1. The number of nitro groups is 1. The summed E-state index contributed by atoms with van der Waals surface area (Å²) in [5, 5.41) is 12.5. The fourth-order valence-corrected chi connectivity index (χ4v) is 4.77. The smallest absolute Gasteiger partial charge is 0.272 e. The van der Waals surface area contributed by atoms with Gasteiger partial charge in [-0.3, -0.25) is 10.1 Å². The van der Waals surface area contributed by atoms with Crippen LogP contribution in [0, 0.1) is 22.5 Å². The highest BCUT2D eigenvalue weighted by Gasteiger charge is 2.31. The quantitative estimate of drug-likeness (QED) is 0.186. The monoisotopic (exact) mass is 538 g/mol. The van der Waals surface area contributed by atoms with E-state index in [4.69, 9.17) is 6.42 Å². The van der Waals surface area contributed by atoms with Crippen LogP contribution < -0.4 is 4.90 Å². The summed E-state index contributed by atoms with van der Waals surface area (Å²) in [5.41, 5.74) is 0.133. The molecular formula is C17H24Br2N4O4S. The van der Waals surface area contributed by atoms with Crippen LogP contribution in [0.1, 0.15) is 5.56 Å². The average molecular weight is 540 g/mol. The minimum atomic E-state index is -4.00. The van der Waals surface area contributed by atoms with E-state index in [0.29, 0.717) is 36.0 Å². The molecule has 0 amide bonds. The molecule has 0 fully saturated rings. The third-order valence-corrected chi connectivity index (χ3v) is 6.58. The van der Waals surface area contributed by atoms with Crippen LogP contribution in [0.5, 0.6) is 0 Å².